The average Bonchev–Trinajstić information content (AvgIpc) is 3.91. The third-order valence-electron chi connectivity index (χ3n) is 11.6. The van der Waals surface area contributed by atoms with Crippen LogP contribution >= 0.6 is 0 Å². The van der Waals surface area contributed by atoms with Crippen LogP contribution in [-0.4, -0.2) is 19.6 Å². The van der Waals surface area contributed by atoms with Gasteiger partial charge in [-0.3, -0.25) is 9.55 Å². The average molecular weight is 1040 g/mol. The Hall–Kier alpha value is -6.35. The molecule has 0 aliphatic rings. The number of pyridine rings is 1. The van der Waals surface area contributed by atoms with E-state index >= 15 is 0 Å². The van der Waals surface area contributed by atoms with E-state index in [4.69, 9.17) is 21.4 Å². The minimum Gasteiger partial charge on any atom is -0.507 e. The van der Waals surface area contributed by atoms with Crippen LogP contribution in [-0.2, 0) is 31.9 Å². The van der Waals surface area contributed by atoms with E-state index in [-0.39, 0.29) is 49.1 Å². The second-order valence-electron chi connectivity index (χ2n) is 18.4. The van der Waals surface area contributed by atoms with Crippen LogP contribution in [0.4, 0.5) is 0 Å². The molecule has 4 nitrogen and oxygen atoms in total. The molecule has 0 saturated carbocycles. The molecule has 328 valence electrons. The summed E-state index contributed by atoms with van der Waals surface area (Å²) in [5.41, 5.74) is 6.64. The van der Waals surface area contributed by atoms with Crippen LogP contribution in [0, 0.1) is 33.6 Å². The van der Waals surface area contributed by atoms with Crippen molar-refractivity contribution in [3.05, 3.63) is 191 Å². The molecule has 2 heterocycles. The molecule has 0 amide bonds. The van der Waals surface area contributed by atoms with Crippen LogP contribution in [0.1, 0.15) is 92.7 Å². The molecule has 2 aromatic heterocycles. The number of hydrogen-bond donors (Lipinski definition) is 1. The van der Waals surface area contributed by atoms with Gasteiger partial charge in [0.15, 0.2) is 0 Å². The number of fused-ring (bicyclic) bond motifs is 1. The first-order valence-corrected chi connectivity index (χ1v) is 21.2. The van der Waals surface area contributed by atoms with Crippen LogP contribution in [0.15, 0.2) is 152 Å². The van der Waals surface area contributed by atoms with Gasteiger partial charge in [-0.1, -0.05) is 161 Å². The summed E-state index contributed by atoms with van der Waals surface area (Å²) in [5, 5.41) is 12.1. The number of aromatic hydroxyl groups is 1. The Bertz CT molecular complexity index is 3820. The normalized spacial score (nSPS) is 15.0. The summed E-state index contributed by atoms with van der Waals surface area (Å²) in [7, 11) is 0. The zero-order chi connectivity index (χ0) is 56.2. The molecule has 0 bridgehead atoms. The van der Waals surface area contributed by atoms with E-state index in [0.717, 1.165) is 22.3 Å². The molecule has 0 fully saturated rings. The second-order valence-corrected chi connectivity index (χ2v) is 18.4. The number of phenolic OH excluding ortho intramolecular Hbond substituents is 1. The van der Waals surface area contributed by atoms with Gasteiger partial charge < -0.3 is 5.11 Å². The smallest absolute Gasteiger partial charge is 0.148 e. The molecule has 0 aliphatic heterocycles. The summed E-state index contributed by atoms with van der Waals surface area (Å²) >= 11 is 0. The van der Waals surface area contributed by atoms with E-state index in [0.29, 0.717) is 61.5 Å². The fraction of sp³-hybridized carbons (Fsp3) is 0.200. The quantitative estimate of drug-likeness (QED) is 0.162. The monoisotopic (exact) mass is 1040 g/mol. The maximum Gasteiger partial charge on any atom is 0.148 e. The molecule has 65 heavy (non-hydrogen) atoms. The number of aromatic nitrogens is 3. The van der Waals surface area contributed by atoms with Crippen LogP contribution in [0.25, 0.3) is 83.9 Å². The summed E-state index contributed by atoms with van der Waals surface area (Å²) < 4.78 is 115. The molecule has 9 rings (SSSR count). The Morgan fingerprint density at radius 3 is 2.00 bits per heavy atom. The van der Waals surface area contributed by atoms with Gasteiger partial charge in [-0.25, -0.2) is 4.98 Å². The summed E-state index contributed by atoms with van der Waals surface area (Å²) in [6.45, 7) is 10.6. The van der Waals surface area contributed by atoms with Gasteiger partial charge >= 0.3 is 0 Å². The third kappa shape index (κ3) is 8.90. The number of para-hydroxylation sites is 1. The van der Waals surface area contributed by atoms with Gasteiger partial charge in [0.05, 0.1) is 31.9 Å². The molecule has 0 radical (unpaired) electrons. The van der Waals surface area contributed by atoms with Gasteiger partial charge in [-0.2, -0.15) is 0 Å². The maximum absolute atomic E-state index is 12.1. The molecule has 7 aromatic carbocycles. The van der Waals surface area contributed by atoms with Crippen LogP contribution in [0.5, 0.6) is 5.75 Å². The van der Waals surface area contributed by atoms with Crippen LogP contribution in [0.2, 0.25) is 0 Å². The molecule has 0 saturated heterocycles. The van der Waals surface area contributed by atoms with Crippen LogP contribution in [0.3, 0.4) is 0 Å². The Morgan fingerprint density at radius 2 is 1.31 bits per heavy atom. The fourth-order valence-electron chi connectivity index (χ4n) is 8.17. The van der Waals surface area contributed by atoms with E-state index in [1.807, 2.05) is 136 Å². The fourth-order valence-corrected chi connectivity index (χ4v) is 8.17. The predicted molar refractivity (Wildman–Crippen MR) is 268 cm³/mol. The van der Waals surface area contributed by atoms with Crippen molar-refractivity contribution in [3.8, 4) is 78.6 Å². The number of rotatable bonds is 7. The summed E-state index contributed by atoms with van der Waals surface area (Å²) in [5.74, 6) is 0.352. The largest absolute Gasteiger partial charge is 0.507 e. The molecular formula is C60H56N3OPt-. The van der Waals surface area contributed by atoms with Gasteiger partial charge in [-0.15, -0.1) is 29.3 Å². The first kappa shape index (κ1) is 31.5. The van der Waals surface area contributed by atoms with E-state index in [9.17, 15) is 6.48 Å². The topological polar surface area (TPSA) is 50.9 Å². The van der Waals surface area contributed by atoms with Crippen molar-refractivity contribution in [1.82, 2.24) is 14.5 Å². The zero-order valence-electron chi connectivity index (χ0n) is 50.5. The van der Waals surface area contributed by atoms with E-state index < -0.39 is 78.2 Å². The van der Waals surface area contributed by atoms with Gasteiger partial charge in [0.2, 0.25) is 0 Å². The zero-order valence-corrected chi connectivity index (χ0v) is 39.8. The van der Waals surface area contributed by atoms with Gasteiger partial charge in [0.1, 0.15) is 11.6 Å². The Balaban J connectivity index is 0.00000803. The standard InChI is InChI=1S/C60H56N3O.Pt/c1-37-19-21-41(22-20-37)44-27-28-61-53(35-44)46-32-45(33-48(34-46)60(8,9)10)49-17-14-18-54-56(49)62-58(52-30-38(2)29-40(4)57(52)64)63(54)55-36-50(42-15-12-11-13-16-42)39(3)31-51(55)43-23-25-47(26-24-43)59(5,6)7;/h11-31,33-36,64H,1-10H3;/q-1;/i1D3,3D3,19D,20D,21D,22D,27D,28D,35D;. The van der Waals surface area contributed by atoms with Crippen molar-refractivity contribution in [2.75, 3.05) is 0 Å². The third-order valence-corrected chi connectivity index (χ3v) is 11.6. The number of imidazole rings is 1. The van der Waals surface area contributed by atoms with Crippen molar-refractivity contribution in [2.45, 2.75) is 79.9 Å². The Kier molecular flexibility index (Phi) is 8.51. The molecule has 1 N–H and O–H groups in total. The molecule has 5 heteroatoms. The molecule has 0 aliphatic carbocycles. The number of nitrogens with zero attached hydrogens (tertiary/aromatic N) is 3. The van der Waals surface area contributed by atoms with Gasteiger partial charge in [0, 0.05) is 46.7 Å². The second kappa shape index (κ2) is 17.6. The predicted octanol–water partition coefficient (Wildman–Crippen LogP) is 15.8. The summed E-state index contributed by atoms with van der Waals surface area (Å²) in [6.07, 6.45) is -0.624. The van der Waals surface area contributed by atoms with Crippen LogP contribution < -0.4 is 0 Å². The van der Waals surface area contributed by atoms with Gasteiger partial charge in [-0.05, 0) is 119 Å². The van der Waals surface area contributed by atoms with Crippen molar-refractivity contribution in [3.63, 3.8) is 0 Å². The summed E-state index contributed by atoms with van der Waals surface area (Å²) in [6, 6.07) is 33.2. The van der Waals surface area contributed by atoms with E-state index in [1.165, 1.54) is 0 Å². The molecule has 0 spiro atoms. The Morgan fingerprint density at radius 1 is 0.600 bits per heavy atom. The van der Waals surface area contributed by atoms with E-state index in [2.05, 4.69) is 31.8 Å². The minimum atomic E-state index is -3.00. The number of phenols is 1. The van der Waals surface area contributed by atoms with E-state index in [1.54, 1.807) is 12.1 Å². The number of aryl methyl sites for hydroxylation is 3. The first-order valence-electron chi connectivity index (χ1n) is 27.7. The summed E-state index contributed by atoms with van der Waals surface area (Å²) in [4.78, 5) is 9.85. The van der Waals surface area contributed by atoms with Crippen molar-refractivity contribution >= 4 is 11.0 Å². The maximum atomic E-state index is 12.1. The Labute approximate surface area is 417 Å². The molecule has 0 atom stereocenters. The van der Waals surface area contributed by atoms with Crippen molar-refractivity contribution in [2.24, 2.45) is 0 Å². The molecular weight excluding hydrogens is 974 g/mol. The van der Waals surface area contributed by atoms with Gasteiger partial charge in [0.25, 0.3) is 0 Å². The van der Waals surface area contributed by atoms with Crippen molar-refractivity contribution in [1.29, 1.82) is 0 Å². The van der Waals surface area contributed by atoms with Crippen molar-refractivity contribution < 1.29 is 44.0 Å². The first-order chi connectivity index (χ1) is 35.9. The number of benzene rings is 7. The number of hydrogen-bond acceptors (Lipinski definition) is 3. The minimum absolute atomic E-state index is 0. The SMILES string of the molecule is [2H]c1nc(-c2[c-]c(-c3cccc4c3nc(-c3cc(C)cc(C)c3O)n4-c3cc(-c4ccccc4)c(C([2H])([2H])[2H])cc3-c3ccc(C(C)(C)C)cc3)cc(C(C)(C)C)c2)c([2H])c(-c2c([2H])c([2H])c(C([2H])([2H])[2H])c([2H])c2[2H])c1[2H].[Pt]. The molecule has 0 unspecified atom stereocenters. The molecule has 9 aromatic rings.